The maximum absolute atomic E-state index is 5.22. The molecule has 0 fully saturated rings. The lowest BCUT2D eigenvalue weighted by atomic mass is 10.1. The highest BCUT2D eigenvalue weighted by atomic mass is 79.9. The molecule has 2 atom stereocenters. The van der Waals surface area contributed by atoms with Crippen LogP contribution in [0.5, 0.6) is 0 Å². The normalized spacial score (nSPS) is 15.1. The lowest BCUT2D eigenvalue weighted by Crippen LogP contribution is -2.05. The Morgan fingerprint density at radius 2 is 1.86 bits per heavy atom. The topological polar surface area (TPSA) is 9.23 Å². The van der Waals surface area contributed by atoms with Crippen molar-refractivity contribution in [2.45, 2.75) is 30.7 Å². The minimum Gasteiger partial charge on any atom is -0.382 e. The van der Waals surface area contributed by atoms with E-state index in [1.165, 1.54) is 5.56 Å². The van der Waals surface area contributed by atoms with Crippen molar-refractivity contribution >= 4 is 15.9 Å². The van der Waals surface area contributed by atoms with Gasteiger partial charge in [0.2, 0.25) is 0 Å². The van der Waals surface area contributed by atoms with Crippen LogP contribution in [0, 0.1) is 0 Å². The van der Waals surface area contributed by atoms with Crippen LogP contribution in [-0.4, -0.2) is 13.2 Å². The molecular formula is C12H17BrO. The Kier molecular flexibility index (Phi) is 5.20. The molecule has 1 aromatic rings. The lowest BCUT2D eigenvalue weighted by Gasteiger charge is -2.13. The zero-order valence-electron chi connectivity index (χ0n) is 8.74. The molecular weight excluding hydrogens is 240 g/mol. The summed E-state index contributed by atoms with van der Waals surface area (Å²) >= 11 is 3.69. The SMILES string of the molecule is COC(C)CCC(Br)c1ccccc1. The summed E-state index contributed by atoms with van der Waals surface area (Å²) in [4.78, 5) is 0.446. The van der Waals surface area contributed by atoms with E-state index in [1.54, 1.807) is 7.11 Å². The Morgan fingerprint density at radius 1 is 1.21 bits per heavy atom. The number of alkyl halides is 1. The van der Waals surface area contributed by atoms with E-state index in [9.17, 15) is 0 Å². The van der Waals surface area contributed by atoms with Crippen molar-refractivity contribution in [2.75, 3.05) is 7.11 Å². The van der Waals surface area contributed by atoms with Gasteiger partial charge < -0.3 is 4.74 Å². The van der Waals surface area contributed by atoms with Gasteiger partial charge in [-0.2, -0.15) is 0 Å². The van der Waals surface area contributed by atoms with Crippen molar-refractivity contribution in [2.24, 2.45) is 0 Å². The Bertz CT molecular complexity index is 248. The van der Waals surface area contributed by atoms with E-state index in [0.29, 0.717) is 10.9 Å². The molecule has 0 amide bonds. The minimum absolute atomic E-state index is 0.346. The third kappa shape index (κ3) is 3.81. The van der Waals surface area contributed by atoms with Gasteiger partial charge >= 0.3 is 0 Å². The molecule has 0 N–H and O–H groups in total. The summed E-state index contributed by atoms with van der Waals surface area (Å²) in [5.41, 5.74) is 1.34. The van der Waals surface area contributed by atoms with Gasteiger partial charge in [0.1, 0.15) is 0 Å². The van der Waals surface area contributed by atoms with Crippen molar-refractivity contribution in [3.8, 4) is 0 Å². The number of benzene rings is 1. The number of methoxy groups -OCH3 is 1. The van der Waals surface area contributed by atoms with Gasteiger partial charge in [0.05, 0.1) is 6.10 Å². The summed E-state index contributed by atoms with van der Waals surface area (Å²) in [7, 11) is 1.76. The van der Waals surface area contributed by atoms with Crippen LogP contribution in [-0.2, 0) is 4.74 Å². The maximum atomic E-state index is 5.22. The van der Waals surface area contributed by atoms with Gasteiger partial charge in [-0.05, 0) is 25.3 Å². The molecule has 0 saturated carbocycles. The van der Waals surface area contributed by atoms with Crippen LogP contribution >= 0.6 is 15.9 Å². The Morgan fingerprint density at radius 3 is 2.43 bits per heavy atom. The molecule has 14 heavy (non-hydrogen) atoms. The van der Waals surface area contributed by atoms with E-state index in [2.05, 4.69) is 47.1 Å². The number of ether oxygens (including phenoxy) is 1. The first-order valence-corrected chi connectivity index (χ1v) is 5.87. The van der Waals surface area contributed by atoms with Crippen LogP contribution in [0.15, 0.2) is 30.3 Å². The highest BCUT2D eigenvalue weighted by Crippen LogP contribution is 2.28. The molecule has 0 aromatic heterocycles. The third-order valence-corrected chi connectivity index (χ3v) is 3.38. The van der Waals surface area contributed by atoms with Crippen LogP contribution in [0.25, 0.3) is 0 Å². The molecule has 2 heteroatoms. The molecule has 78 valence electrons. The van der Waals surface area contributed by atoms with E-state index < -0.39 is 0 Å². The quantitative estimate of drug-likeness (QED) is 0.726. The summed E-state index contributed by atoms with van der Waals surface area (Å²) < 4.78 is 5.22. The lowest BCUT2D eigenvalue weighted by molar-refractivity contribution is 0.109. The molecule has 0 heterocycles. The van der Waals surface area contributed by atoms with E-state index in [-0.39, 0.29) is 0 Å². The third-order valence-electron chi connectivity index (χ3n) is 2.39. The van der Waals surface area contributed by atoms with Crippen molar-refractivity contribution in [1.29, 1.82) is 0 Å². The smallest absolute Gasteiger partial charge is 0.0543 e. The predicted molar refractivity (Wildman–Crippen MR) is 63.8 cm³/mol. The molecule has 1 aromatic carbocycles. The summed E-state index contributed by atoms with van der Waals surface area (Å²) in [5, 5.41) is 0. The zero-order chi connectivity index (χ0) is 10.4. The van der Waals surface area contributed by atoms with E-state index in [0.717, 1.165) is 12.8 Å². The maximum Gasteiger partial charge on any atom is 0.0543 e. The number of hydrogen-bond donors (Lipinski definition) is 0. The van der Waals surface area contributed by atoms with Crippen molar-refractivity contribution in [3.05, 3.63) is 35.9 Å². The van der Waals surface area contributed by atoms with Crippen LogP contribution in [0.3, 0.4) is 0 Å². The fourth-order valence-corrected chi connectivity index (χ4v) is 1.90. The van der Waals surface area contributed by atoms with Crippen molar-refractivity contribution in [3.63, 3.8) is 0 Å². The molecule has 0 saturated heterocycles. The van der Waals surface area contributed by atoms with Gasteiger partial charge in [-0.3, -0.25) is 0 Å². The fourth-order valence-electron chi connectivity index (χ4n) is 1.33. The second kappa shape index (κ2) is 6.20. The molecule has 1 rings (SSSR count). The van der Waals surface area contributed by atoms with Gasteiger partial charge in [-0.25, -0.2) is 0 Å². The average molecular weight is 257 g/mol. The first-order valence-electron chi connectivity index (χ1n) is 4.96. The number of hydrogen-bond acceptors (Lipinski definition) is 1. The highest BCUT2D eigenvalue weighted by molar-refractivity contribution is 9.09. The van der Waals surface area contributed by atoms with Crippen LogP contribution < -0.4 is 0 Å². The van der Waals surface area contributed by atoms with Gasteiger partial charge in [-0.15, -0.1) is 0 Å². The molecule has 0 radical (unpaired) electrons. The monoisotopic (exact) mass is 256 g/mol. The molecule has 0 bridgehead atoms. The summed E-state index contributed by atoms with van der Waals surface area (Å²) in [6.07, 6.45) is 2.54. The Labute approximate surface area is 94.6 Å². The van der Waals surface area contributed by atoms with E-state index in [4.69, 9.17) is 4.74 Å². The van der Waals surface area contributed by atoms with Crippen LogP contribution in [0.1, 0.15) is 30.2 Å². The second-order valence-electron chi connectivity index (χ2n) is 3.50. The van der Waals surface area contributed by atoms with E-state index >= 15 is 0 Å². The largest absolute Gasteiger partial charge is 0.382 e. The second-order valence-corrected chi connectivity index (χ2v) is 4.61. The highest BCUT2D eigenvalue weighted by Gasteiger charge is 2.08. The van der Waals surface area contributed by atoms with Crippen LogP contribution in [0.2, 0.25) is 0 Å². The minimum atomic E-state index is 0.346. The van der Waals surface area contributed by atoms with Gasteiger partial charge in [-0.1, -0.05) is 46.3 Å². The summed E-state index contributed by atoms with van der Waals surface area (Å²) in [5.74, 6) is 0. The van der Waals surface area contributed by atoms with Gasteiger partial charge in [0.25, 0.3) is 0 Å². The molecule has 0 aliphatic heterocycles. The van der Waals surface area contributed by atoms with E-state index in [1.807, 2.05) is 6.07 Å². The average Bonchev–Trinajstić information content (AvgIpc) is 2.26. The molecule has 0 aliphatic carbocycles. The number of rotatable bonds is 5. The fraction of sp³-hybridized carbons (Fsp3) is 0.500. The first kappa shape index (κ1) is 11.7. The van der Waals surface area contributed by atoms with Gasteiger partial charge in [0.15, 0.2) is 0 Å². The Balaban J connectivity index is 2.39. The van der Waals surface area contributed by atoms with Crippen molar-refractivity contribution in [1.82, 2.24) is 0 Å². The van der Waals surface area contributed by atoms with Gasteiger partial charge in [0, 0.05) is 11.9 Å². The first-order chi connectivity index (χ1) is 6.74. The molecule has 2 unspecified atom stereocenters. The van der Waals surface area contributed by atoms with Crippen molar-refractivity contribution < 1.29 is 4.74 Å². The predicted octanol–water partition coefficient (Wildman–Crippen LogP) is 3.94. The molecule has 1 nitrogen and oxygen atoms in total. The van der Waals surface area contributed by atoms with Crippen LogP contribution in [0.4, 0.5) is 0 Å². The molecule has 0 aliphatic rings. The molecule has 0 spiro atoms. The zero-order valence-corrected chi connectivity index (χ0v) is 10.3. The number of halogens is 1. The standard InChI is InChI=1S/C12H17BrO/c1-10(14-2)8-9-12(13)11-6-4-3-5-7-11/h3-7,10,12H,8-9H2,1-2H3. The Hall–Kier alpha value is -0.340. The summed E-state index contributed by atoms with van der Waals surface area (Å²) in [6, 6.07) is 10.5. The summed E-state index contributed by atoms with van der Waals surface area (Å²) in [6.45, 7) is 2.10.